The van der Waals surface area contributed by atoms with E-state index in [1.54, 1.807) is 0 Å². The second-order valence-corrected chi connectivity index (χ2v) is 6.54. The summed E-state index contributed by atoms with van der Waals surface area (Å²) in [6.45, 7) is 5.81. The van der Waals surface area contributed by atoms with Crippen molar-refractivity contribution < 1.29 is 0 Å². The second-order valence-electron chi connectivity index (χ2n) is 3.78. The smallest absolute Gasteiger partial charge is 0.0184 e. The average Bonchev–Trinajstić information content (AvgIpc) is 2.16. The van der Waals surface area contributed by atoms with Crippen LogP contribution in [0.4, 0.5) is 0 Å². The molecule has 0 aliphatic carbocycles. The van der Waals surface area contributed by atoms with Gasteiger partial charge in [0.25, 0.3) is 0 Å². The fourth-order valence-corrected chi connectivity index (χ4v) is 3.02. The first kappa shape index (κ1) is 11.7. The van der Waals surface area contributed by atoms with Crippen molar-refractivity contribution in [2.24, 2.45) is 0 Å². The zero-order valence-corrected chi connectivity index (χ0v) is 10.5. The standard InChI is InChI=1S/C10H21NS2/c1-8(12-3)7-11-10-5-4-6-13-9(10)2/h8-11H,4-7H2,1-3H3. The molecule has 0 saturated carbocycles. The molecule has 1 fully saturated rings. The van der Waals surface area contributed by atoms with Crippen LogP contribution >= 0.6 is 23.5 Å². The molecule has 0 spiro atoms. The van der Waals surface area contributed by atoms with Gasteiger partial charge in [0.15, 0.2) is 0 Å². The fourth-order valence-electron chi connectivity index (χ4n) is 1.59. The Labute approximate surface area is 90.8 Å². The molecule has 1 N–H and O–H groups in total. The molecular weight excluding hydrogens is 198 g/mol. The van der Waals surface area contributed by atoms with Crippen LogP contribution in [0.15, 0.2) is 0 Å². The highest BCUT2D eigenvalue weighted by atomic mass is 32.2. The summed E-state index contributed by atoms with van der Waals surface area (Å²) in [5.41, 5.74) is 0. The van der Waals surface area contributed by atoms with E-state index in [0.29, 0.717) is 0 Å². The van der Waals surface area contributed by atoms with E-state index in [4.69, 9.17) is 0 Å². The van der Waals surface area contributed by atoms with E-state index < -0.39 is 0 Å². The molecule has 13 heavy (non-hydrogen) atoms. The van der Waals surface area contributed by atoms with Crippen molar-refractivity contribution in [2.75, 3.05) is 18.6 Å². The summed E-state index contributed by atoms with van der Waals surface area (Å²) >= 11 is 4.06. The molecule has 1 aliphatic heterocycles. The maximum Gasteiger partial charge on any atom is 0.0184 e. The van der Waals surface area contributed by atoms with Crippen LogP contribution in [-0.4, -0.2) is 35.1 Å². The van der Waals surface area contributed by atoms with Gasteiger partial charge in [0, 0.05) is 23.1 Å². The summed E-state index contributed by atoms with van der Waals surface area (Å²) in [6.07, 6.45) is 4.95. The molecular formula is C10H21NS2. The Kier molecular flexibility index (Phi) is 5.60. The normalized spacial score (nSPS) is 31.6. The third-order valence-electron chi connectivity index (χ3n) is 2.68. The van der Waals surface area contributed by atoms with E-state index in [0.717, 1.165) is 23.1 Å². The minimum atomic E-state index is 0.749. The van der Waals surface area contributed by atoms with Gasteiger partial charge in [-0.1, -0.05) is 13.8 Å². The Morgan fingerprint density at radius 1 is 1.62 bits per heavy atom. The third-order valence-corrected chi connectivity index (χ3v) is 5.03. The number of rotatable bonds is 4. The molecule has 78 valence electrons. The number of hydrogen-bond acceptors (Lipinski definition) is 3. The maximum atomic E-state index is 3.68. The van der Waals surface area contributed by atoms with Gasteiger partial charge in [0.1, 0.15) is 0 Å². The average molecular weight is 219 g/mol. The van der Waals surface area contributed by atoms with E-state index in [2.05, 4.69) is 37.2 Å². The van der Waals surface area contributed by atoms with Crippen LogP contribution in [0.3, 0.4) is 0 Å². The highest BCUT2D eigenvalue weighted by molar-refractivity contribution is 8.00. The zero-order valence-electron chi connectivity index (χ0n) is 8.88. The molecule has 0 aromatic rings. The van der Waals surface area contributed by atoms with Crippen molar-refractivity contribution in [3.8, 4) is 0 Å². The molecule has 1 heterocycles. The largest absolute Gasteiger partial charge is 0.312 e. The summed E-state index contributed by atoms with van der Waals surface area (Å²) < 4.78 is 0. The van der Waals surface area contributed by atoms with Gasteiger partial charge in [0.05, 0.1) is 0 Å². The Morgan fingerprint density at radius 3 is 3.00 bits per heavy atom. The van der Waals surface area contributed by atoms with E-state index in [-0.39, 0.29) is 0 Å². The monoisotopic (exact) mass is 219 g/mol. The van der Waals surface area contributed by atoms with Gasteiger partial charge < -0.3 is 5.32 Å². The van der Waals surface area contributed by atoms with Gasteiger partial charge >= 0.3 is 0 Å². The summed E-state index contributed by atoms with van der Waals surface area (Å²) in [5.74, 6) is 1.36. The summed E-state index contributed by atoms with van der Waals surface area (Å²) in [5, 5.41) is 5.24. The molecule has 0 radical (unpaired) electrons. The minimum absolute atomic E-state index is 0.749. The maximum absolute atomic E-state index is 3.68. The van der Waals surface area contributed by atoms with Crippen molar-refractivity contribution in [1.82, 2.24) is 5.32 Å². The van der Waals surface area contributed by atoms with E-state index in [9.17, 15) is 0 Å². The molecule has 1 aliphatic rings. The van der Waals surface area contributed by atoms with Crippen molar-refractivity contribution in [3.05, 3.63) is 0 Å². The van der Waals surface area contributed by atoms with E-state index in [1.807, 2.05) is 11.8 Å². The summed E-state index contributed by atoms with van der Waals surface area (Å²) in [7, 11) is 0. The van der Waals surface area contributed by atoms with Crippen LogP contribution in [0.1, 0.15) is 26.7 Å². The van der Waals surface area contributed by atoms with Crippen LogP contribution in [0.5, 0.6) is 0 Å². The molecule has 1 nitrogen and oxygen atoms in total. The van der Waals surface area contributed by atoms with E-state index in [1.165, 1.54) is 18.6 Å². The highest BCUT2D eigenvalue weighted by Crippen LogP contribution is 2.25. The van der Waals surface area contributed by atoms with E-state index >= 15 is 0 Å². The molecule has 0 aromatic heterocycles. The summed E-state index contributed by atoms with van der Waals surface area (Å²) in [4.78, 5) is 0. The predicted octanol–water partition coefficient (Wildman–Crippen LogP) is 2.61. The molecule has 3 atom stereocenters. The van der Waals surface area contributed by atoms with Crippen LogP contribution < -0.4 is 5.32 Å². The lowest BCUT2D eigenvalue weighted by atomic mass is 10.1. The first-order valence-corrected chi connectivity index (χ1v) is 7.45. The molecule has 0 amide bonds. The van der Waals surface area contributed by atoms with Crippen molar-refractivity contribution in [1.29, 1.82) is 0 Å². The van der Waals surface area contributed by atoms with Gasteiger partial charge in [-0.25, -0.2) is 0 Å². The quantitative estimate of drug-likeness (QED) is 0.780. The van der Waals surface area contributed by atoms with Gasteiger partial charge in [-0.05, 0) is 24.9 Å². The van der Waals surface area contributed by atoms with Gasteiger partial charge in [0.2, 0.25) is 0 Å². The Hall–Kier alpha value is 0.660. The molecule has 3 unspecified atom stereocenters. The molecule has 0 aromatic carbocycles. The van der Waals surface area contributed by atoms with Crippen molar-refractivity contribution in [2.45, 2.75) is 43.2 Å². The Balaban J connectivity index is 2.18. The minimum Gasteiger partial charge on any atom is -0.312 e. The Morgan fingerprint density at radius 2 is 2.38 bits per heavy atom. The molecule has 1 rings (SSSR count). The second kappa shape index (κ2) is 6.20. The SMILES string of the molecule is CSC(C)CNC1CCCSC1C. The van der Waals surface area contributed by atoms with Gasteiger partial charge in [-0.3, -0.25) is 0 Å². The first-order valence-electron chi connectivity index (χ1n) is 5.12. The third kappa shape index (κ3) is 4.13. The lowest BCUT2D eigenvalue weighted by Gasteiger charge is -2.30. The van der Waals surface area contributed by atoms with Crippen LogP contribution in [0, 0.1) is 0 Å². The van der Waals surface area contributed by atoms with Crippen molar-refractivity contribution in [3.63, 3.8) is 0 Å². The van der Waals surface area contributed by atoms with Gasteiger partial charge in [-0.15, -0.1) is 0 Å². The van der Waals surface area contributed by atoms with Crippen LogP contribution in [0.2, 0.25) is 0 Å². The topological polar surface area (TPSA) is 12.0 Å². The molecule has 0 bridgehead atoms. The molecule has 1 saturated heterocycles. The zero-order chi connectivity index (χ0) is 9.68. The lowest BCUT2D eigenvalue weighted by Crippen LogP contribution is -2.41. The van der Waals surface area contributed by atoms with Crippen LogP contribution in [0.25, 0.3) is 0 Å². The lowest BCUT2D eigenvalue weighted by molar-refractivity contribution is 0.466. The fraction of sp³-hybridized carbons (Fsp3) is 1.00. The number of hydrogen-bond donors (Lipinski definition) is 1. The van der Waals surface area contributed by atoms with Crippen LogP contribution in [-0.2, 0) is 0 Å². The van der Waals surface area contributed by atoms with Gasteiger partial charge in [-0.2, -0.15) is 23.5 Å². The predicted molar refractivity (Wildman–Crippen MR) is 65.9 cm³/mol. The highest BCUT2D eigenvalue weighted by Gasteiger charge is 2.21. The number of nitrogens with one attached hydrogen (secondary N) is 1. The van der Waals surface area contributed by atoms with Crippen molar-refractivity contribution >= 4 is 23.5 Å². The Bertz CT molecular complexity index is 141. The first-order chi connectivity index (χ1) is 6.24. The number of thioether (sulfide) groups is 2. The molecule has 3 heteroatoms. The summed E-state index contributed by atoms with van der Waals surface area (Å²) in [6, 6.07) is 0.758.